The SMILES string of the molecule is CC12CC(O)C3CC1(O[C@@H]1O[C@H](COC(=O)c4ccccc4)[C@@H](O)[C@H](O)[C@H]1O)C3(COC(=O)c1ccccc1)C(=O)O2. The Morgan fingerprint density at radius 1 is 0.857 bits per heavy atom. The number of ether oxygens (including phenoxy) is 5. The number of hydrogen-bond donors (Lipinski definition) is 4. The zero-order chi connectivity index (χ0) is 29.9. The lowest BCUT2D eigenvalue weighted by Crippen LogP contribution is -2.80. The standard InChI is InChI=1S/C30H32O12/c1-28-13-19(31)18-12-30(28,29(18,27(37)42-28)15-39-25(36)17-10-6-3-7-11-17)41-26-23(34)22(33)21(32)20(40-26)14-38-24(35)16-8-4-2-5-9-16/h2-11,18-23,26,31-34H,12-15H2,1H3/t18?,19?,20-,21-,22+,23-,26+,28?,29?,30?/m1/s1. The van der Waals surface area contributed by atoms with Crippen LogP contribution in [0.25, 0.3) is 0 Å². The summed E-state index contributed by atoms with van der Waals surface area (Å²) < 4.78 is 28.8. The van der Waals surface area contributed by atoms with Gasteiger partial charge in [0.2, 0.25) is 0 Å². The smallest absolute Gasteiger partial charge is 0.338 e. The van der Waals surface area contributed by atoms with Crippen LogP contribution < -0.4 is 0 Å². The molecule has 12 heteroatoms. The average molecular weight is 585 g/mol. The van der Waals surface area contributed by atoms with Gasteiger partial charge in [0.15, 0.2) is 6.29 Å². The van der Waals surface area contributed by atoms with Crippen LogP contribution in [-0.4, -0.2) is 99.6 Å². The van der Waals surface area contributed by atoms with E-state index in [9.17, 15) is 34.8 Å². The van der Waals surface area contributed by atoms with Crippen LogP contribution in [0, 0.1) is 11.3 Å². The van der Waals surface area contributed by atoms with Gasteiger partial charge < -0.3 is 44.1 Å². The van der Waals surface area contributed by atoms with Crippen molar-refractivity contribution in [3.05, 3.63) is 71.8 Å². The van der Waals surface area contributed by atoms with E-state index in [1.165, 1.54) is 0 Å². The van der Waals surface area contributed by atoms with Crippen LogP contribution in [0.2, 0.25) is 0 Å². The Hall–Kier alpha value is -3.39. The second-order valence-corrected chi connectivity index (χ2v) is 11.5. The molecule has 7 rings (SSSR count). The third-order valence-corrected chi connectivity index (χ3v) is 9.28. The number of rotatable bonds is 8. The minimum Gasteiger partial charge on any atom is -0.461 e. The number of aliphatic hydroxyl groups is 4. The van der Waals surface area contributed by atoms with Crippen molar-refractivity contribution in [2.24, 2.45) is 11.3 Å². The highest BCUT2D eigenvalue weighted by molar-refractivity contribution is 5.91. The molecule has 3 aliphatic carbocycles. The van der Waals surface area contributed by atoms with E-state index in [-0.39, 0.29) is 24.0 Å². The van der Waals surface area contributed by atoms with Gasteiger partial charge in [-0.1, -0.05) is 36.4 Å². The zero-order valence-corrected chi connectivity index (χ0v) is 22.7. The molecule has 2 aromatic carbocycles. The van der Waals surface area contributed by atoms with Crippen molar-refractivity contribution in [2.45, 2.75) is 67.8 Å². The minimum atomic E-state index is -1.76. The van der Waals surface area contributed by atoms with E-state index < -0.39 is 90.5 Å². The monoisotopic (exact) mass is 584 g/mol. The quantitative estimate of drug-likeness (QED) is 0.248. The van der Waals surface area contributed by atoms with E-state index in [4.69, 9.17) is 23.7 Å². The number of carbonyl (C=O) groups excluding carboxylic acids is 3. The van der Waals surface area contributed by atoms with Gasteiger partial charge >= 0.3 is 17.9 Å². The molecule has 2 aliphatic heterocycles. The van der Waals surface area contributed by atoms with Crippen LogP contribution in [-0.2, 0) is 28.5 Å². The highest BCUT2D eigenvalue weighted by atomic mass is 16.7. The van der Waals surface area contributed by atoms with E-state index in [1.807, 2.05) is 0 Å². The van der Waals surface area contributed by atoms with Gasteiger partial charge in [0.1, 0.15) is 54.2 Å². The Morgan fingerprint density at radius 2 is 1.45 bits per heavy atom. The fraction of sp³-hybridized carbons (Fsp3) is 0.500. The lowest BCUT2D eigenvalue weighted by Gasteiger charge is -2.66. The predicted octanol–water partition coefficient (Wildman–Crippen LogP) is 0.350. The van der Waals surface area contributed by atoms with E-state index in [0.717, 1.165) is 0 Å². The maximum atomic E-state index is 13.5. The molecule has 3 saturated carbocycles. The fourth-order valence-electron chi connectivity index (χ4n) is 6.99. The number of benzene rings is 2. The molecule has 0 aromatic heterocycles. The van der Waals surface area contributed by atoms with Gasteiger partial charge in [0.05, 0.1) is 17.2 Å². The summed E-state index contributed by atoms with van der Waals surface area (Å²) in [6.45, 7) is 0.645. The maximum Gasteiger partial charge on any atom is 0.338 e. The van der Waals surface area contributed by atoms with Gasteiger partial charge in [-0.05, 0) is 37.6 Å². The number of esters is 3. The summed E-state index contributed by atoms with van der Waals surface area (Å²) >= 11 is 0. The van der Waals surface area contributed by atoms with Crippen LogP contribution in [0.1, 0.15) is 40.5 Å². The Morgan fingerprint density at radius 3 is 2.07 bits per heavy atom. The summed E-state index contributed by atoms with van der Waals surface area (Å²) in [5.74, 6) is -2.77. The first-order chi connectivity index (χ1) is 20.0. The predicted molar refractivity (Wildman–Crippen MR) is 140 cm³/mol. The summed E-state index contributed by atoms with van der Waals surface area (Å²) in [6, 6.07) is 16.3. The Labute approximate surface area is 240 Å². The molecule has 4 N–H and O–H groups in total. The van der Waals surface area contributed by atoms with Crippen LogP contribution >= 0.6 is 0 Å². The first kappa shape index (κ1) is 28.7. The summed E-state index contributed by atoms with van der Waals surface area (Å²) in [7, 11) is 0. The number of carbonyl (C=O) groups is 3. The molecule has 10 atom stereocenters. The van der Waals surface area contributed by atoms with Crippen LogP contribution in [0.3, 0.4) is 0 Å². The van der Waals surface area contributed by atoms with Gasteiger partial charge in [0, 0.05) is 12.3 Å². The van der Waals surface area contributed by atoms with Crippen molar-refractivity contribution < 1.29 is 58.5 Å². The van der Waals surface area contributed by atoms with E-state index >= 15 is 0 Å². The highest BCUT2D eigenvalue weighted by Crippen LogP contribution is 2.73. The van der Waals surface area contributed by atoms with Gasteiger partial charge in [-0.15, -0.1) is 0 Å². The topological polar surface area (TPSA) is 178 Å². The van der Waals surface area contributed by atoms with Crippen LogP contribution in [0.15, 0.2) is 60.7 Å². The van der Waals surface area contributed by atoms with Crippen molar-refractivity contribution in [3.8, 4) is 0 Å². The molecule has 4 bridgehead atoms. The summed E-state index contributed by atoms with van der Waals surface area (Å²) in [6.07, 6.45) is -8.87. The second kappa shape index (κ2) is 10.4. The molecule has 0 amide bonds. The summed E-state index contributed by atoms with van der Waals surface area (Å²) in [4.78, 5) is 38.7. The molecule has 224 valence electrons. The summed E-state index contributed by atoms with van der Waals surface area (Å²) in [5, 5.41) is 43.0. The average Bonchev–Trinajstić information content (AvgIpc) is 3.05. The second-order valence-electron chi connectivity index (χ2n) is 11.5. The van der Waals surface area contributed by atoms with Gasteiger partial charge in [-0.3, -0.25) is 4.79 Å². The van der Waals surface area contributed by atoms with Gasteiger partial charge in [-0.2, -0.15) is 0 Å². The van der Waals surface area contributed by atoms with Gasteiger partial charge in [0.25, 0.3) is 0 Å². The molecule has 2 saturated heterocycles. The molecule has 5 aliphatic rings. The molecular weight excluding hydrogens is 552 g/mol. The highest BCUT2D eigenvalue weighted by Gasteiger charge is 2.88. The fourth-order valence-corrected chi connectivity index (χ4v) is 6.99. The van der Waals surface area contributed by atoms with Crippen molar-refractivity contribution >= 4 is 17.9 Å². The molecule has 2 heterocycles. The molecule has 5 fully saturated rings. The Bertz CT molecular complexity index is 1350. The third-order valence-electron chi connectivity index (χ3n) is 9.28. The third kappa shape index (κ3) is 4.16. The number of aliphatic hydroxyl groups excluding tert-OH is 4. The number of hydrogen-bond acceptors (Lipinski definition) is 12. The van der Waals surface area contributed by atoms with Crippen molar-refractivity contribution in [1.82, 2.24) is 0 Å². The maximum absolute atomic E-state index is 13.5. The van der Waals surface area contributed by atoms with Crippen LogP contribution in [0.4, 0.5) is 0 Å². The molecule has 5 unspecified atom stereocenters. The molecule has 12 nitrogen and oxygen atoms in total. The molecular formula is C30H32O12. The van der Waals surface area contributed by atoms with Crippen LogP contribution in [0.5, 0.6) is 0 Å². The first-order valence-electron chi connectivity index (χ1n) is 13.8. The molecule has 42 heavy (non-hydrogen) atoms. The zero-order valence-electron chi connectivity index (χ0n) is 22.7. The van der Waals surface area contributed by atoms with E-state index in [2.05, 4.69) is 0 Å². The summed E-state index contributed by atoms with van der Waals surface area (Å²) in [5.41, 5.74) is -4.00. The molecule has 0 spiro atoms. The minimum absolute atomic E-state index is 0.0178. The van der Waals surface area contributed by atoms with Gasteiger partial charge in [-0.25, -0.2) is 9.59 Å². The molecule has 0 radical (unpaired) electrons. The molecule has 2 aromatic rings. The van der Waals surface area contributed by atoms with Crippen molar-refractivity contribution in [3.63, 3.8) is 0 Å². The van der Waals surface area contributed by atoms with E-state index in [1.54, 1.807) is 67.6 Å². The first-order valence-corrected chi connectivity index (χ1v) is 13.8. The lowest BCUT2D eigenvalue weighted by atomic mass is 9.40. The Kier molecular flexibility index (Phi) is 7.11. The number of fused-ring (bicyclic) bond motifs is 1. The largest absolute Gasteiger partial charge is 0.461 e. The normalized spacial score (nSPS) is 40.0. The van der Waals surface area contributed by atoms with E-state index in [0.29, 0.717) is 0 Å². The van der Waals surface area contributed by atoms with Crippen molar-refractivity contribution in [1.29, 1.82) is 0 Å². The van der Waals surface area contributed by atoms with Crippen molar-refractivity contribution in [2.75, 3.05) is 13.2 Å². The Balaban J connectivity index is 1.24. The lowest BCUT2D eigenvalue weighted by molar-refractivity contribution is -0.394.